The van der Waals surface area contributed by atoms with E-state index in [1.165, 1.54) is 24.3 Å². The summed E-state index contributed by atoms with van der Waals surface area (Å²) in [4.78, 5) is 37.4. The maximum Gasteiger partial charge on any atom is 0.294 e. The van der Waals surface area contributed by atoms with Crippen LogP contribution in [0.5, 0.6) is 0 Å². The fourth-order valence-corrected chi connectivity index (χ4v) is 3.46. The molecule has 3 rings (SSSR count). The summed E-state index contributed by atoms with van der Waals surface area (Å²) in [5.74, 6) is -1.85. The van der Waals surface area contributed by atoms with Crippen molar-refractivity contribution in [1.82, 2.24) is 4.90 Å². The molecule has 0 aliphatic carbocycles. The first-order valence-corrected chi connectivity index (χ1v) is 9.17. The van der Waals surface area contributed by atoms with E-state index in [2.05, 4.69) is 5.32 Å². The summed E-state index contributed by atoms with van der Waals surface area (Å²) in [5.41, 5.74) is 0.486. The van der Waals surface area contributed by atoms with Crippen LogP contribution in [0.4, 0.5) is 14.9 Å². The van der Waals surface area contributed by atoms with E-state index < -0.39 is 29.4 Å². The number of imide groups is 1. The zero-order chi connectivity index (χ0) is 19.6. The highest BCUT2D eigenvalue weighted by Crippen LogP contribution is 2.34. The van der Waals surface area contributed by atoms with Gasteiger partial charge >= 0.3 is 0 Å². The normalized spacial score (nSPS) is 15.5. The highest BCUT2D eigenvalue weighted by atomic mass is 35.5. The van der Waals surface area contributed by atoms with Crippen molar-refractivity contribution >= 4 is 63.8 Å². The molecule has 1 heterocycles. The lowest BCUT2D eigenvalue weighted by Gasteiger charge is -2.12. The Morgan fingerprint density at radius 2 is 1.85 bits per heavy atom. The first-order chi connectivity index (χ1) is 12.8. The summed E-state index contributed by atoms with van der Waals surface area (Å²) < 4.78 is 13.9. The standard InChI is InChI=1S/C18H11Cl2FN2O3S/c19-10-4-6-11(7-5-10)22-16(24)9-23-17(25)15(27-18(23)26)8-12-13(20)2-1-3-14(12)21/h1-8H,9H2,(H,22,24)/b15-8-. The predicted octanol–water partition coefficient (Wildman–Crippen LogP) is 4.81. The summed E-state index contributed by atoms with van der Waals surface area (Å²) >= 11 is 12.3. The average molecular weight is 425 g/mol. The first-order valence-electron chi connectivity index (χ1n) is 7.60. The Hall–Kier alpha value is -2.35. The molecule has 0 radical (unpaired) electrons. The first kappa shape index (κ1) is 19.4. The van der Waals surface area contributed by atoms with Crippen molar-refractivity contribution in [2.75, 3.05) is 11.9 Å². The number of thioether (sulfide) groups is 1. The molecule has 0 aromatic heterocycles. The van der Waals surface area contributed by atoms with Gasteiger partial charge in [0.25, 0.3) is 11.1 Å². The van der Waals surface area contributed by atoms with Gasteiger partial charge in [-0.1, -0.05) is 29.3 Å². The molecule has 3 amide bonds. The van der Waals surface area contributed by atoms with Crippen molar-refractivity contribution in [1.29, 1.82) is 0 Å². The summed E-state index contributed by atoms with van der Waals surface area (Å²) in [6.45, 7) is -0.463. The Balaban J connectivity index is 1.73. The maximum absolute atomic E-state index is 13.9. The SMILES string of the molecule is O=C(CN1C(=O)S/C(=C\c2c(F)cccc2Cl)C1=O)Nc1ccc(Cl)cc1. The molecule has 0 atom stereocenters. The van der Waals surface area contributed by atoms with Gasteiger partial charge in [0.05, 0.1) is 9.93 Å². The molecule has 27 heavy (non-hydrogen) atoms. The number of benzene rings is 2. The van der Waals surface area contributed by atoms with Gasteiger partial charge in [0.15, 0.2) is 0 Å². The summed E-state index contributed by atoms with van der Waals surface area (Å²) in [5, 5.41) is 2.57. The molecule has 9 heteroatoms. The molecule has 0 saturated carbocycles. The number of rotatable bonds is 4. The Morgan fingerprint density at radius 1 is 1.15 bits per heavy atom. The van der Waals surface area contributed by atoms with Crippen molar-refractivity contribution in [2.45, 2.75) is 0 Å². The van der Waals surface area contributed by atoms with Crippen molar-refractivity contribution in [3.63, 3.8) is 0 Å². The second-order valence-corrected chi connectivity index (χ2v) is 7.30. The number of anilines is 1. The van der Waals surface area contributed by atoms with Crippen LogP contribution in [0.2, 0.25) is 10.0 Å². The molecule has 1 N–H and O–H groups in total. The Labute approximate surface area is 168 Å². The number of hydrogen-bond acceptors (Lipinski definition) is 4. The smallest absolute Gasteiger partial charge is 0.294 e. The fourth-order valence-electron chi connectivity index (χ4n) is 2.29. The van der Waals surface area contributed by atoms with E-state index in [9.17, 15) is 18.8 Å². The largest absolute Gasteiger partial charge is 0.325 e. The summed E-state index contributed by atoms with van der Waals surface area (Å²) in [6.07, 6.45) is 1.21. The van der Waals surface area contributed by atoms with Gasteiger partial charge in [0.2, 0.25) is 5.91 Å². The van der Waals surface area contributed by atoms with E-state index in [4.69, 9.17) is 23.2 Å². The molecule has 0 bridgehead atoms. The minimum absolute atomic E-state index is 0.00806. The van der Waals surface area contributed by atoms with Crippen LogP contribution in [0, 0.1) is 5.82 Å². The van der Waals surface area contributed by atoms with E-state index in [1.807, 2.05) is 0 Å². The van der Waals surface area contributed by atoms with E-state index >= 15 is 0 Å². The Morgan fingerprint density at radius 3 is 2.52 bits per heavy atom. The van der Waals surface area contributed by atoms with Crippen LogP contribution >= 0.6 is 35.0 Å². The second-order valence-electron chi connectivity index (χ2n) is 5.46. The van der Waals surface area contributed by atoms with Gasteiger partial charge in [-0.05, 0) is 54.2 Å². The fraction of sp³-hybridized carbons (Fsp3) is 0.0556. The van der Waals surface area contributed by atoms with Crippen LogP contribution in [0.15, 0.2) is 47.4 Å². The highest BCUT2D eigenvalue weighted by molar-refractivity contribution is 8.18. The van der Waals surface area contributed by atoms with E-state index in [1.54, 1.807) is 24.3 Å². The zero-order valence-electron chi connectivity index (χ0n) is 13.5. The number of halogens is 3. The molecule has 1 aliphatic rings. The third-order valence-corrected chi connectivity index (χ3v) is 5.07. The topological polar surface area (TPSA) is 66.5 Å². The molecule has 1 saturated heterocycles. The van der Waals surface area contributed by atoms with Gasteiger partial charge in [-0.15, -0.1) is 0 Å². The summed E-state index contributed by atoms with van der Waals surface area (Å²) in [7, 11) is 0. The average Bonchev–Trinajstić information content (AvgIpc) is 2.88. The van der Waals surface area contributed by atoms with Crippen molar-refractivity contribution in [2.24, 2.45) is 0 Å². The molecular weight excluding hydrogens is 414 g/mol. The van der Waals surface area contributed by atoms with Crippen LogP contribution in [0.25, 0.3) is 6.08 Å². The lowest BCUT2D eigenvalue weighted by atomic mass is 10.2. The van der Waals surface area contributed by atoms with E-state index in [-0.39, 0.29) is 15.5 Å². The number of carbonyl (C=O) groups is 3. The van der Waals surface area contributed by atoms with Gasteiger partial charge in [-0.25, -0.2) is 4.39 Å². The van der Waals surface area contributed by atoms with E-state index in [0.717, 1.165) is 4.90 Å². The van der Waals surface area contributed by atoms with Crippen LogP contribution < -0.4 is 5.32 Å². The minimum Gasteiger partial charge on any atom is -0.325 e. The van der Waals surface area contributed by atoms with Gasteiger partial charge in [-0.2, -0.15) is 0 Å². The number of amides is 3. The van der Waals surface area contributed by atoms with Crippen molar-refractivity contribution in [3.8, 4) is 0 Å². The van der Waals surface area contributed by atoms with Gasteiger partial charge in [0.1, 0.15) is 12.4 Å². The quantitative estimate of drug-likeness (QED) is 0.715. The number of nitrogens with zero attached hydrogens (tertiary/aromatic N) is 1. The third-order valence-electron chi connectivity index (χ3n) is 3.58. The zero-order valence-corrected chi connectivity index (χ0v) is 15.9. The highest BCUT2D eigenvalue weighted by Gasteiger charge is 2.36. The molecule has 2 aromatic carbocycles. The Kier molecular flexibility index (Phi) is 5.84. The summed E-state index contributed by atoms with van der Waals surface area (Å²) in [6, 6.07) is 10.5. The Bertz CT molecular complexity index is 943. The number of hydrogen-bond donors (Lipinski definition) is 1. The van der Waals surface area contributed by atoms with Gasteiger partial charge in [0, 0.05) is 16.3 Å². The minimum atomic E-state index is -0.685. The lowest BCUT2D eigenvalue weighted by Crippen LogP contribution is -2.36. The molecule has 2 aromatic rings. The van der Waals surface area contributed by atoms with Crippen LogP contribution in [0.3, 0.4) is 0 Å². The van der Waals surface area contributed by atoms with Crippen LogP contribution in [-0.4, -0.2) is 28.5 Å². The monoisotopic (exact) mass is 424 g/mol. The second kappa shape index (κ2) is 8.12. The molecule has 138 valence electrons. The van der Waals surface area contributed by atoms with Crippen molar-refractivity contribution in [3.05, 3.63) is 68.8 Å². The molecule has 1 fully saturated rings. The van der Waals surface area contributed by atoms with Crippen LogP contribution in [0.1, 0.15) is 5.56 Å². The van der Waals surface area contributed by atoms with Crippen LogP contribution in [-0.2, 0) is 9.59 Å². The molecular formula is C18H11Cl2FN2O3S. The van der Waals surface area contributed by atoms with E-state index in [0.29, 0.717) is 22.5 Å². The molecule has 0 spiro atoms. The number of carbonyl (C=O) groups excluding carboxylic acids is 3. The molecule has 0 unspecified atom stereocenters. The molecule has 5 nitrogen and oxygen atoms in total. The number of nitrogens with one attached hydrogen (secondary N) is 1. The van der Waals surface area contributed by atoms with Gasteiger partial charge < -0.3 is 5.32 Å². The lowest BCUT2D eigenvalue weighted by molar-refractivity contribution is -0.127. The maximum atomic E-state index is 13.9. The predicted molar refractivity (Wildman–Crippen MR) is 104 cm³/mol. The van der Waals surface area contributed by atoms with Crippen molar-refractivity contribution < 1.29 is 18.8 Å². The van der Waals surface area contributed by atoms with Gasteiger partial charge in [-0.3, -0.25) is 19.3 Å². The molecule has 1 aliphatic heterocycles. The third kappa shape index (κ3) is 4.50.